The van der Waals surface area contributed by atoms with Gasteiger partial charge in [0.15, 0.2) is 0 Å². The van der Waals surface area contributed by atoms with Crippen molar-refractivity contribution >= 4 is 11.9 Å². The highest BCUT2D eigenvalue weighted by molar-refractivity contribution is 5.95. The van der Waals surface area contributed by atoms with E-state index in [1.807, 2.05) is 13.0 Å². The van der Waals surface area contributed by atoms with Gasteiger partial charge in [0.2, 0.25) is 0 Å². The first-order valence-corrected chi connectivity index (χ1v) is 6.57. The Hall–Kier alpha value is -1.91. The lowest BCUT2D eigenvalue weighted by atomic mass is 10.1. The number of aliphatic carboxylic acids is 1. The molecule has 1 aliphatic heterocycles. The van der Waals surface area contributed by atoms with Gasteiger partial charge in [-0.15, -0.1) is 0 Å². The molecule has 1 fully saturated rings. The summed E-state index contributed by atoms with van der Waals surface area (Å²) in [5.74, 6) is -1.21. The molecule has 1 unspecified atom stereocenters. The smallest absolute Gasteiger partial charge is 0.326 e. The molecule has 0 bridgehead atoms. The summed E-state index contributed by atoms with van der Waals surface area (Å²) in [6.07, 6.45) is 3.19. The summed E-state index contributed by atoms with van der Waals surface area (Å²) in [4.78, 5) is 29.4. The summed E-state index contributed by atoms with van der Waals surface area (Å²) >= 11 is 0. The number of hydrogen-bond donors (Lipinski definition) is 1. The Bertz CT molecular complexity index is 487. The van der Waals surface area contributed by atoms with Crippen LogP contribution in [0.4, 0.5) is 0 Å². The fourth-order valence-corrected chi connectivity index (χ4v) is 2.42. The molecule has 1 aromatic heterocycles. The lowest BCUT2D eigenvalue weighted by Crippen LogP contribution is -2.45. The van der Waals surface area contributed by atoms with Crippen LogP contribution >= 0.6 is 0 Å². The Morgan fingerprint density at radius 3 is 2.79 bits per heavy atom. The first-order valence-electron chi connectivity index (χ1n) is 6.57. The standard InChI is InChI=1S/C14H18N2O3/c1-10-6-5-7-11(15-10)13(17)16-9-4-2-3-8-12(16)14(18)19/h5-7,12H,2-4,8-9H2,1H3,(H,18,19). The zero-order valence-electron chi connectivity index (χ0n) is 11.0. The van der Waals surface area contributed by atoms with Crippen LogP contribution in [0.2, 0.25) is 0 Å². The number of nitrogens with zero attached hydrogens (tertiary/aromatic N) is 2. The van der Waals surface area contributed by atoms with Gasteiger partial charge in [0.25, 0.3) is 5.91 Å². The van der Waals surface area contributed by atoms with Crippen LogP contribution < -0.4 is 0 Å². The van der Waals surface area contributed by atoms with Gasteiger partial charge in [-0.25, -0.2) is 9.78 Å². The van der Waals surface area contributed by atoms with Crippen LogP contribution in [0, 0.1) is 6.92 Å². The minimum atomic E-state index is -0.928. The third kappa shape index (κ3) is 3.10. The van der Waals surface area contributed by atoms with Gasteiger partial charge in [-0.1, -0.05) is 18.9 Å². The average Bonchev–Trinajstić information content (AvgIpc) is 2.63. The quantitative estimate of drug-likeness (QED) is 0.883. The van der Waals surface area contributed by atoms with E-state index in [1.165, 1.54) is 4.90 Å². The Balaban J connectivity index is 2.26. The third-order valence-corrected chi connectivity index (χ3v) is 3.41. The Morgan fingerprint density at radius 2 is 2.11 bits per heavy atom. The van der Waals surface area contributed by atoms with Crippen molar-refractivity contribution < 1.29 is 14.7 Å². The molecule has 0 aromatic carbocycles. The first-order chi connectivity index (χ1) is 9.09. The molecule has 19 heavy (non-hydrogen) atoms. The van der Waals surface area contributed by atoms with Crippen molar-refractivity contribution in [2.75, 3.05) is 6.54 Å². The number of likely N-dealkylation sites (tertiary alicyclic amines) is 1. The number of carboxylic acids is 1. The number of carbonyl (C=O) groups excluding carboxylic acids is 1. The Kier molecular flexibility index (Phi) is 4.14. The zero-order chi connectivity index (χ0) is 13.8. The highest BCUT2D eigenvalue weighted by atomic mass is 16.4. The van der Waals surface area contributed by atoms with Crippen LogP contribution in [0.25, 0.3) is 0 Å². The molecule has 5 nitrogen and oxygen atoms in total. The van der Waals surface area contributed by atoms with Gasteiger partial charge in [-0.05, 0) is 31.9 Å². The molecule has 0 aliphatic carbocycles. The maximum absolute atomic E-state index is 12.4. The number of pyridine rings is 1. The van der Waals surface area contributed by atoms with E-state index in [1.54, 1.807) is 12.1 Å². The summed E-state index contributed by atoms with van der Waals surface area (Å²) in [6.45, 7) is 2.30. The van der Waals surface area contributed by atoms with Crippen molar-refractivity contribution in [2.45, 2.75) is 38.6 Å². The molecule has 1 atom stereocenters. The van der Waals surface area contributed by atoms with E-state index < -0.39 is 12.0 Å². The molecule has 0 saturated carbocycles. The van der Waals surface area contributed by atoms with Gasteiger partial charge in [0.05, 0.1) is 0 Å². The van der Waals surface area contributed by atoms with Crippen LogP contribution in [0.15, 0.2) is 18.2 Å². The fourth-order valence-electron chi connectivity index (χ4n) is 2.42. The maximum atomic E-state index is 12.4. The van der Waals surface area contributed by atoms with Crippen LogP contribution in [-0.4, -0.2) is 39.5 Å². The van der Waals surface area contributed by atoms with Gasteiger partial charge in [-0.3, -0.25) is 4.79 Å². The number of aromatic nitrogens is 1. The lowest BCUT2D eigenvalue weighted by Gasteiger charge is -2.26. The summed E-state index contributed by atoms with van der Waals surface area (Å²) < 4.78 is 0. The third-order valence-electron chi connectivity index (χ3n) is 3.41. The van der Waals surface area contributed by atoms with E-state index in [4.69, 9.17) is 0 Å². The minimum Gasteiger partial charge on any atom is -0.480 e. The number of rotatable bonds is 2. The molecule has 5 heteroatoms. The van der Waals surface area contributed by atoms with Crippen LogP contribution in [-0.2, 0) is 4.79 Å². The van der Waals surface area contributed by atoms with Gasteiger partial charge in [0, 0.05) is 12.2 Å². The Labute approximate surface area is 112 Å². The van der Waals surface area contributed by atoms with Crippen LogP contribution in [0.5, 0.6) is 0 Å². The molecule has 1 aliphatic rings. The summed E-state index contributed by atoms with van der Waals surface area (Å²) in [6, 6.07) is 4.49. The van der Waals surface area contributed by atoms with Gasteiger partial charge >= 0.3 is 5.97 Å². The SMILES string of the molecule is Cc1cccc(C(=O)N2CCCCCC2C(=O)O)n1. The second-order valence-corrected chi connectivity index (χ2v) is 4.87. The van der Waals surface area contributed by atoms with E-state index in [2.05, 4.69) is 4.98 Å². The van der Waals surface area contributed by atoms with Crippen molar-refractivity contribution in [3.8, 4) is 0 Å². The van der Waals surface area contributed by atoms with Crippen molar-refractivity contribution in [1.82, 2.24) is 9.88 Å². The molecule has 1 amide bonds. The topological polar surface area (TPSA) is 70.5 Å². The zero-order valence-corrected chi connectivity index (χ0v) is 11.0. The monoisotopic (exact) mass is 262 g/mol. The molecule has 1 N–H and O–H groups in total. The van der Waals surface area contributed by atoms with Crippen molar-refractivity contribution in [3.63, 3.8) is 0 Å². The molecule has 0 spiro atoms. The van der Waals surface area contributed by atoms with Crippen molar-refractivity contribution in [2.24, 2.45) is 0 Å². The Morgan fingerprint density at radius 1 is 1.32 bits per heavy atom. The number of carboxylic acid groups (broad SMARTS) is 1. The first kappa shape index (κ1) is 13.5. The predicted octanol–water partition coefficient (Wildman–Crippen LogP) is 1.86. The average molecular weight is 262 g/mol. The minimum absolute atomic E-state index is 0.280. The molecule has 0 radical (unpaired) electrons. The van der Waals surface area contributed by atoms with Gasteiger partial charge < -0.3 is 10.0 Å². The second kappa shape index (κ2) is 5.82. The van der Waals surface area contributed by atoms with Gasteiger partial charge in [-0.2, -0.15) is 0 Å². The number of aryl methyl sites for hydroxylation is 1. The molecular weight excluding hydrogens is 244 g/mol. The molecule has 2 heterocycles. The maximum Gasteiger partial charge on any atom is 0.326 e. The number of amides is 1. The van der Waals surface area contributed by atoms with Crippen molar-refractivity contribution in [1.29, 1.82) is 0 Å². The van der Waals surface area contributed by atoms with E-state index in [0.717, 1.165) is 25.0 Å². The molecule has 102 valence electrons. The molecule has 1 aromatic rings. The van der Waals surface area contributed by atoms with E-state index in [-0.39, 0.29) is 5.91 Å². The van der Waals surface area contributed by atoms with Gasteiger partial charge in [0.1, 0.15) is 11.7 Å². The molecule has 2 rings (SSSR count). The normalized spacial score (nSPS) is 19.8. The summed E-state index contributed by atoms with van der Waals surface area (Å²) in [7, 11) is 0. The number of carbonyl (C=O) groups is 2. The van der Waals surface area contributed by atoms with E-state index in [0.29, 0.717) is 18.7 Å². The fraction of sp³-hybridized carbons (Fsp3) is 0.500. The molecular formula is C14H18N2O3. The lowest BCUT2D eigenvalue weighted by molar-refractivity contribution is -0.142. The van der Waals surface area contributed by atoms with Crippen LogP contribution in [0.1, 0.15) is 41.9 Å². The molecule has 1 saturated heterocycles. The second-order valence-electron chi connectivity index (χ2n) is 4.87. The van der Waals surface area contributed by atoms with E-state index in [9.17, 15) is 14.7 Å². The highest BCUT2D eigenvalue weighted by Gasteiger charge is 2.31. The largest absolute Gasteiger partial charge is 0.480 e. The highest BCUT2D eigenvalue weighted by Crippen LogP contribution is 2.19. The predicted molar refractivity (Wildman–Crippen MR) is 69.9 cm³/mol. The number of hydrogen-bond acceptors (Lipinski definition) is 3. The van der Waals surface area contributed by atoms with Crippen molar-refractivity contribution in [3.05, 3.63) is 29.6 Å². The summed E-state index contributed by atoms with van der Waals surface area (Å²) in [5.41, 5.74) is 1.08. The van der Waals surface area contributed by atoms with E-state index >= 15 is 0 Å². The van der Waals surface area contributed by atoms with Crippen LogP contribution in [0.3, 0.4) is 0 Å². The summed E-state index contributed by atoms with van der Waals surface area (Å²) in [5, 5.41) is 9.27.